The molecule has 3 heterocycles. The Balaban J connectivity index is 0.000000141. The third-order valence-electron chi connectivity index (χ3n) is 4.79. The van der Waals surface area contributed by atoms with Crippen LogP contribution in [0.3, 0.4) is 0 Å². The fraction of sp³-hybridized carbons (Fsp3) is 0. The zero-order valence-electron chi connectivity index (χ0n) is 18.0. The molecule has 1 radical (unpaired) electrons. The van der Waals surface area contributed by atoms with E-state index in [1.807, 2.05) is 54.6 Å². The SMILES string of the molecule is [Nd+3].[O-]c1cccc2cccnc12.[O-]c1cccc2cccnc12.[O-]c1cccc2cccnc12. The summed E-state index contributed by atoms with van der Waals surface area (Å²) in [5, 5.41) is 36.1. The van der Waals surface area contributed by atoms with Gasteiger partial charge in [0.05, 0.1) is 16.6 Å². The van der Waals surface area contributed by atoms with E-state index in [-0.39, 0.29) is 58.1 Å². The average molecular weight is 577 g/mol. The summed E-state index contributed by atoms with van der Waals surface area (Å²) in [7, 11) is 0. The molecule has 0 saturated carbocycles. The number of pyridine rings is 3. The third-order valence-corrected chi connectivity index (χ3v) is 4.79. The molecular formula is C27H18N3NdO3. The molecule has 3 aromatic carbocycles. The van der Waals surface area contributed by atoms with Gasteiger partial charge in [-0.25, -0.2) is 0 Å². The van der Waals surface area contributed by atoms with E-state index >= 15 is 0 Å². The van der Waals surface area contributed by atoms with Gasteiger partial charge >= 0.3 is 40.8 Å². The molecule has 0 atom stereocenters. The molecule has 6 aromatic rings. The van der Waals surface area contributed by atoms with E-state index in [0.717, 1.165) is 16.2 Å². The van der Waals surface area contributed by atoms with E-state index in [4.69, 9.17) is 0 Å². The first-order valence-corrected chi connectivity index (χ1v) is 10.2. The largest absolute Gasteiger partial charge is 3.00 e. The van der Waals surface area contributed by atoms with E-state index in [0.29, 0.717) is 16.6 Å². The molecule has 6 rings (SSSR count). The Labute approximate surface area is 229 Å². The average Bonchev–Trinajstić information content (AvgIpc) is 2.86. The van der Waals surface area contributed by atoms with Gasteiger partial charge in [0.15, 0.2) is 0 Å². The zero-order valence-corrected chi connectivity index (χ0v) is 21.2. The Morgan fingerprint density at radius 1 is 0.382 bits per heavy atom. The summed E-state index contributed by atoms with van der Waals surface area (Å²) in [5.41, 5.74) is 1.65. The summed E-state index contributed by atoms with van der Waals surface area (Å²) < 4.78 is 0. The van der Waals surface area contributed by atoms with Crippen molar-refractivity contribution < 1.29 is 56.2 Å². The van der Waals surface area contributed by atoms with Gasteiger partial charge in [-0.3, -0.25) is 15.0 Å². The van der Waals surface area contributed by atoms with Crippen LogP contribution in [-0.4, -0.2) is 15.0 Å². The van der Waals surface area contributed by atoms with E-state index in [1.165, 1.54) is 18.2 Å². The second kappa shape index (κ2) is 12.2. The molecule has 0 aliphatic heterocycles. The first-order chi connectivity index (χ1) is 16.1. The number of nitrogens with zero attached hydrogens (tertiary/aromatic N) is 3. The molecule has 0 amide bonds. The minimum atomic E-state index is -0.0110. The van der Waals surface area contributed by atoms with Crippen LogP contribution >= 0.6 is 0 Å². The Kier molecular flexibility index (Phi) is 9.07. The molecule has 3 aromatic heterocycles. The van der Waals surface area contributed by atoms with Crippen LogP contribution in [0.4, 0.5) is 0 Å². The van der Waals surface area contributed by atoms with Gasteiger partial charge in [0.1, 0.15) is 0 Å². The van der Waals surface area contributed by atoms with Crippen LogP contribution < -0.4 is 15.3 Å². The van der Waals surface area contributed by atoms with Gasteiger partial charge in [0, 0.05) is 18.6 Å². The van der Waals surface area contributed by atoms with Crippen molar-refractivity contribution in [3.63, 3.8) is 0 Å². The van der Waals surface area contributed by atoms with Crippen molar-refractivity contribution in [1.82, 2.24) is 15.0 Å². The van der Waals surface area contributed by atoms with Crippen molar-refractivity contribution in [3.8, 4) is 17.2 Å². The summed E-state index contributed by atoms with van der Waals surface area (Å²) in [6, 6.07) is 26.5. The number of para-hydroxylation sites is 3. The van der Waals surface area contributed by atoms with Gasteiger partial charge in [-0.05, 0) is 34.4 Å². The topological polar surface area (TPSA) is 108 Å². The number of hydrogen-bond donors (Lipinski definition) is 0. The maximum absolute atomic E-state index is 11.1. The Morgan fingerprint density at radius 2 is 0.647 bits per heavy atom. The van der Waals surface area contributed by atoms with Crippen LogP contribution in [0.15, 0.2) is 110 Å². The maximum Gasteiger partial charge on any atom is 3.00 e. The number of hydrogen-bond acceptors (Lipinski definition) is 6. The molecule has 7 heteroatoms. The third kappa shape index (κ3) is 6.15. The molecule has 0 fully saturated rings. The summed E-state index contributed by atoms with van der Waals surface area (Å²) in [5.74, 6) is -0.0331. The predicted octanol–water partition coefficient (Wildman–Crippen LogP) is 3.93. The zero-order chi connectivity index (χ0) is 23.0. The van der Waals surface area contributed by atoms with Gasteiger partial charge in [-0.1, -0.05) is 90.0 Å². The number of aromatic nitrogens is 3. The molecule has 0 bridgehead atoms. The fourth-order valence-corrected chi connectivity index (χ4v) is 3.23. The predicted molar refractivity (Wildman–Crippen MR) is 124 cm³/mol. The Hall–Kier alpha value is -3.36. The van der Waals surface area contributed by atoms with Crippen LogP contribution in [0.5, 0.6) is 17.2 Å². The standard InChI is InChI=1S/3C9H7NO.Nd/c3*11-8-5-1-3-7-4-2-6-10-9(7)8;/h3*1-6,11H;/q;;;+3/p-3. The van der Waals surface area contributed by atoms with Crippen LogP contribution in [0.25, 0.3) is 32.7 Å². The van der Waals surface area contributed by atoms with E-state index in [9.17, 15) is 15.3 Å². The fourth-order valence-electron chi connectivity index (χ4n) is 3.23. The second-order valence-corrected chi connectivity index (χ2v) is 6.99. The van der Waals surface area contributed by atoms with E-state index in [1.54, 1.807) is 36.8 Å². The molecule has 0 unspecified atom stereocenters. The molecule has 34 heavy (non-hydrogen) atoms. The van der Waals surface area contributed by atoms with Crippen LogP contribution in [0, 0.1) is 40.8 Å². The molecule has 163 valence electrons. The van der Waals surface area contributed by atoms with Gasteiger partial charge < -0.3 is 15.3 Å². The number of rotatable bonds is 0. The molecule has 0 aliphatic carbocycles. The summed E-state index contributed by atoms with van der Waals surface area (Å²) in [6.07, 6.45) is 4.89. The van der Waals surface area contributed by atoms with Gasteiger partial charge in [-0.15, -0.1) is 0 Å². The summed E-state index contributed by atoms with van der Waals surface area (Å²) in [6.45, 7) is 0. The van der Waals surface area contributed by atoms with Crippen molar-refractivity contribution in [2.75, 3.05) is 0 Å². The van der Waals surface area contributed by atoms with Crippen molar-refractivity contribution in [1.29, 1.82) is 0 Å². The molecule has 0 spiro atoms. The van der Waals surface area contributed by atoms with E-state index < -0.39 is 0 Å². The monoisotopic (exact) mass is 574 g/mol. The number of fused-ring (bicyclic) bond motifs is 3. The van der Waals surface area contributed by atoms with Crippen LogP contribution in [0.1, 0.15) is 0 Å². The van der Waals surface area contributed by atoms with Crippen molar-refractivity contribution in [2.24, 2.45) is 0 Å². The Bertz CT molecular complexity index is 1330. The first kappa shape index (κ1) is 25.3. The quantitative estimate of drug-likeness (QED) is 0.271. The van der Waals surface area contributed by atoms with Gasteiger partial charge in [0.2, 0.25) is 0 Å². The van der Waals surface area contributed by atoms with Crippen molar-refractivity contribution in [3.05, 3.63) is 110 Å². The first-order valence-electron chi connectivity index (χ1n) is 10.2. The molecule has 6 nitrogen and oxygen atoms in total. The summed E-state index contributed by atoms with van der Waals surface area (Å²) >= 11 is 0. The molecular weight excluding hydrogens is 559 g/mol. The van der Waals surface area contributed by atoms with Crippen molar-refractivity contribution in [2.45, 2.75) is 0 Å². The minimum Gasteiger partial charge on any atom is -0.871 e. The molecule has 0 saturated heterocycles. The Morgan fingerprint density at radius 3 is 0.912 bits per heavy atom. The maximum atomic E-state index is 11.1. The number of benzene rings is 3. The van der Waals surface area contributed by atoms with Gasteiger partial charge in [0.25, 0.3) is 0 Å². The minimum absolute atomic E-state index is 0. The normalized spacial score (nSPS) is 9.88. The molecule has 0 aliphatic rings. The van der Waals surface area contributed by atoms with Crippen molar-refractivity contribution >= 4 is 32.7 Å². The van der Waals surface area contributed by atoms with Crippen LogP contribution in [-0.2, 0) is 0 Å². The molecule has 0 N–H and O–H groups in total. The summed E-state index contributed by atoms with van der Waals surface area (Å²) in [4.78, 5) is 11.9. The van der Waals surface area contributed by atoms with E-state index in [2.05, 4.69) is 15.0 Å². The smallest absolute Gasteiger partial charge is 0.871 e. The second-order valence-electron chi connectivity index (χ2n) is 6.99. The van der Waals surface area contributed by atoms with Gasteiger partial charge in [-0.2, -0.15) is 0 Å². The van der Waals surface area contributed by atoms with Crippen LogP contribution in [0.2, 0.25) is 0 Å².